The quantitative estimate of drug-likeness (QED) is 0.853. The van der Waals surface area contributed by atoms with Crippen LogP contribution in [-0.2, 0) is 12.8 Å². The molecular formula is C17H18N2OS. The van der Waals surface area contributed by atoms with Crippen molar-refractivity contribution in [2.75, 3.05) is 12.4 Å². The standard InChI is InChI=1S/C17H18N2OS/c1-20-16-8-4-7-14(11-16)18-17(21)19-15-9-12-5-2-3-6-13(12)10-15/h2-8,11,15H,9-10H2,1H3,(H2,18,19,21). The first-order valence-corrected chi connectivity index (χ1v) is 7.44. The minimum Gasteiger partial charge on any atom is -0.497 e. The average molecular weight is 298 g/mol. The van der Waals surface area contributed by atoms with E-state index in [9.17, 15) is 0 Å². The van der Waals surface area contributed by atoms with Crippen LogP contribution in [0.5, 0.6) is 5.75 Å². The fourth-order valence-electron chi connectivity index (χ4n) is 2.71. The van der Waals surface area contributed by atoms with Crippen molar-refractivity contribution >= 4 is 23.0 Å². The molecular weight excluding hydrogens is 280 g/mol. The third-order valence-corrected chi connectivity index (χ3v) is 3.93. The van der Waals surface area contributed by atoms with E-state index in [0.29, 0.717) is 11.2 Å². The highest BCUT2D eigenvalue weighted by atomic mass is 32.1. The summed E-state index contributed by atoms with van der Waals surface area (Å²) >= 11 is 5.40. The van der Waals surface area contributed by atoms with Crippen LogP contribution in [0.15, 0.2) is 48.5 Å². The number of rotatable bonds is 3. The van der Waals surface area contributed by atoms with Gasteiger partial charge in [0.25, 0.3) is 0 Å². The molecule has 3 nitrogen and oxygen atoms in total. The van der Waals surface area contributed by atoms with E-state index in [-0.39, 0.29) is 0 Å². The number of anilines is 1. The summed E-state index contributed by atoms with van der Waals surface area (Å²) in [7, 11) is 1.66. The first-order chi connectivity index (χ1) is 10.2. The lowest BCUT2D eigenvalue weighted by atomic mass is 10.1. The normalized spacial score (nSPS) is 13.6. The van der Waals surface area contributed by atoms with Gasteiger partial charge in [0.15, 0.2) is 5.11 Å². The molecule has 0 unspecified atom stereocenters. The third kappa shape index (κ3) is 3.34. The number of benzene rings is 2. The average Bonchev–Trinajstić information content (AvgIpc) is 2.89. The van der Waals surface area contributed by atoms with Gasteiger partial charge in [-0.05, 0) is 48.3 Å². The Bertz CT molecular complexity index is 632. The maximum atomic E-state index is 5.40. The second-order valence-corrected chi connectivity index (χ2v) is 5.61. The molecule has 0 aliphatic heterocycles. The van der Waals surface area contributed by atoms with Gasteiger partial charge >= 0.3 is 0 Å². The second kappa shape index (κ2) is 6.14. The van der Waals surface area contributed by atoms with Gasteiger partial charge in [-0.1, -0.05) is 30.3 Å². The minimum absolute atomic E-state index is 0.369. The summed E-state index contributed by atoms with van der Waals surface area (Å²) in [6.45, 7) is 0. The van der Waals surface area contributed by atoms with Crippen LogP contribution >= 0.6 is 12.2 Å². The van der Waals surface area contributed by atoms with E-state index >= 15 is 0 Å². The van der Waals surface area contributed by atoms with Crippen molar-refractivity contribution in [3.63, 3.8) is 0 Å². The molecule has 3 rings (SSSR count). The molecule has 4 heteroatoms. The van der Waals surface area contributed by atoms with Crippen molar-refractivity contribution in [2.45, 2.75) is 18.9 Å². The van der Waals surface area contributed by atoms with E-state index in [2.05, 4.69) is 34.9 Å². The predicted octanol–water partition coefficient (Wildman–Crippen LogP) is 3.15. The highest BCUT2D eigenvalue weighted by Crippen LogP contribution is 2.22. The molecule has 1 aliphatic carbocycles. The smallest absolute Gasteiger partial charge is 0.171 e. The monoisotopic (exact) mass is 298 g/mol. The van der Waals surface area contributed by atoms with E-state index in [4.69, 9.17) is 17.0 Å². The number of methoxy groups -OCH3 is 1. The summed E-state index contributed by atoms with van der Waals surface area (Å²) in [5.74, 6) is 0.816. The summed E-state index contributed by atoms with van der Waals surface area (Å²) in [6.07, 6.45) is 2.05. The lowest BCUT2D eigenvalue weighted by Gasteiger charge is -2.16. The Labute approximate surface area is 130 Å². The van der Waals surface area contributed by atoms with Crippen LogP contribution < -0.4 is 15.4 Å². The van der Waals surface area contributed by atoms with Crippen molar-refractivity contribution in [1.29, 1.82) is 0 Å². The Morgan fingerprint density at radius 3 is 2.48 bits per heavy atom. The van der Waals surface area contributed by atoms with Gasteiger partial charge in [-0.25, -0.2) is 0 Å². The van der Waals surface area contributed by atoms with E-state index in [1.165, 1.54) is 11.1 Å². The molecule has 21 heavy (non-hydrogen) atoms. The number of ether oxygens (including phenoxy) is 1. The minimum atomic E-state index is 0.369. The summed E-state index contributed by atoms with van der Waals surface area (Å²) in [6, 6.07) is 16.7. The molecule has 0 saturated heterocycles. The molecule has 0 aromatic heterocycles. The number of hydrogen-bond acceptors (Lipinski definition) is 2. The summed E-state index contributed by atoms with van der Waals surface area (Å²) in [4.78, 5) is 0. The molecule has 0 radical (unpaired) electrons. The van der Waals surface area contributed by atoms with E-state index in [1.54, 1.807) is 7.11 Å². The largest absolute Gasteiger partial charge is 0.497 e. The highest BCUT2D eigenvalue weighted by Gasteiger charge is 2.21. The molecule has 2 aromatic rings. The summed E-state index contributed by atoms with van der Waals surface area (Å²) in [5.41, 5.74) is 3.76. The maximum absolute atomic E-state index is 5.40. The molecule has 0 fully saturated rings. The maximum Gasteiger partial charge on any atom is 0.171 e. The zero-order valence-corrected chi connectivity index (χ0v) is 12.7. The fraction of sp³-hybridized carbons (Fsp3) is 0.235. The van der Waals surface area contributed by atoms with E-state index in [0.717, 1.165) is 24.3 Å². The van der Waals surface area contributed by atoms with Gasteiger partial charge in [0.2, 0.25) is 0 Å². The van der Waals surface area contributed by atoms with Gasteiger partial charge in [-0.2, -0.15) is 0 Å². The van der Waals surface area contributed by atoms with Crippen molar-refractivity contribution in [1.82, 2.24) is 5.32 Å². The van der Waals surface area contributed by atoms with Crippen molar-refractivity contribution in [3.8, 4) is 5.75 Å². The van der Waals surface area contributed by atoms with Crippen LogP contribution in [0.3, 0.4) is 0 Å². The van der Waals surface area contributed by atoms with Crippen molar-refractivity contribution in [2.24, 2.45) is 0 Å². The van der Waals surface area contributed by atoms with Crippen LogP contribution in [0.2, 0.25) is 0 Å². The number of fused-ring (bicyclic) bond motifs is 1. The molecule has 2 aromatic carbocycles. The third-order valence-electron chi connectivity index (χ3n) is 3.71. The molecule has 0 spiro atoms. The van der Waals surface area contributed by atoms with Gasteiger partial charge in [0.1, 0.15) is 5.75 Å². The van der Waals surface area contributed by atoms with Gasteiger partial charge in [0, 0.05) is 17.8 Å². The zero-order chi connectivity index (χ0) is 14.7. The van der Waals surface area contributed by atoms with Crippen LogP contribution in [0.1, 0.15) is 11.1 Å². The highest BCUT2D eigenvalue weighted by molar-refractivity contribution is 7.80. The van der Waals surface area contributed by atoms with Gasteiger partial charge < -0.3 is 15.4 Å². The lowest BCUT2D eigenvalue weighted by Crippen LogP contribution is -2.38. The fourth-order valence-corrected chi connectivity index (χ4v) is 3.00. The second-order valence-electron chi connectivity index (χ2n) is 5.20. The van der Waals surface area contributed by atoms with Crippen LogP contribution in [0, 0.1) is 0 Å². The van der Waals surface area contributed by atoms with Gasteiger partial charge in [0.05, 0.1) is 7.11 Å². The van der Waals surface area contributed by atoms with E-state index < -0.39 is 0 Å². The number of nitrogens with one attached hydrogen (secondary N) is 2. The molecule has 0 amide bonds. The van der Waals surface area contributed by atoms with Crippen molar-refractivity contribution in [3.05, 3.63) is 59.7 Å². The van der Waals surface area contributed by atoms with Crippen LogP contribution in [0.25, 0.3) is 0 Å². The van der Waals surface area contributed by atoms with Gasteiger partial charge in [-0.3, -0.25) is 0 Å². The molecule has 108 valence electrons. The Balaban J connectivity index is 1.58. The van der Waals surface area contributed by atoms with Gasteiger partial charge in [-0.15, -0.1) is 0 Å². The van der Waals surface area contributed by atoms with Crippen molar-refractivity contribution < 1.29 is 4.74 Å². The predicted molar refractivity (Wildman–Crippen MR) is 90.0 cm³/mol. The zero-order valence-electron chi connectivity index (χ0n) is 11.9. The SMILES string of the molecule is COc1cccc(NC(=S)NC2Cc3ccccc3C2)c1. The number of hydrogen-bond donors (Lipinski definition) is 2. The molecule has 0 atom stereocenters. The molecule has 0 saturated carbocycles. The molecule has 0 heterocycles. The molecule has 1 aliphatic rings. The Kier molecular flexibility index (Phi) is 4.06. The van der Waals surface area contributed by atoms with Crippen LogP contribution in [0.4, 0.5) is 5.69 Å². The Morgan fingerprint density at radius 2 is 1.81 bits per heavy atom. The summed E-state index contributed by atoms with van der Waals surface area (Å²) < 4.78 is 5.21. The molecule has 2 N–H and O–H groups in total. The topological polar surface area (TPSA) is 33.3 Å². The Morgan fingerprint density at radius 1 is 1.10 bits per heavy atom. The number of thiocarbonyl (C=S) groups is 1. The molecule has 0 bridgehead atoms. The Hall–Kier alpha value is -2.07. The van der Waals surface area contributed by atoms with E-state index in [1.807, 2.05) is 24.3 Å². The first kappa shape index (κ1) is 13.9. The van der Waals surface area contributed by atoms with Crippen LogP contribution in [-0.4, -0.2) is 18.3 Å². The first-order valence-electron chi connectivity index (χ1n) is 7.03. The summed E-state index contributed by atoms with van der Waals surface area (Å²) in [5, 5.41) is 7.26. The lowest BCUT2D eigenvalue weighted by molar-refractivity contribution is 0.415.